The van der Waals surface area contributed by atoms with Crippen LogP contribution in [0.5, 0.6) is 0 Å². The number of unbranched alkanes of at least 4 members (excludes halogenated alkanes) is 18. The van der Waals surface area contributed by atoms with Crippen molar-refractivity contribution in [3.63, 3.8) is 0 Å². The molecule has 43 heavy (non-hydrogen) atoms. The first kappa shape index (κ1) is 42.2. The van der Waals surface area contributed by atoms with Crippen molar-refractivity contribution in [1.29, 1.82) is 0 Å². The molecule has 0 fully saturated rings. The van der Waals surface area contributed by atoms with E-state index in [-0.39, 0.29) is 19.1 Å². The van der Waals surface area contributed by atoms with E-state index in [1.54, 1.807) is 6.08 Å². The van der Waals surface area contributed by atoms with Gasteiger partial charge >= 0.3 is 7.82 Å². The molecule has 0 radical (unpaired) electrons. The Morgan fingerprint density at radius 1 is 0.767 bits per heavy atom. The number of hydrogen-bond donors (Lipinski definition) is 3. The van der Waals surface area contributed by atoms with Crippen LogP contribution >= 0.6 is 7.82 Å². The molecule has 0 aromatic heterocycles. The third kappa shape index (κ3) is 29.7. The lowest BCUT2D eigenvalue weighted by Crippen LogP contribution is -2.45. The maximum absolute atomic E-state index is 12.7. The number of hydrogen-bond acceptors (Lipinski definition) is 5. The fourth-order valence-corrected chi connectivity index (χ4v) is 5.60. The smallest absolute Gasteiger partial charge is 0.387 e. The van der Waals surface area contributed by atoms with Crippen LogP contribution in [-0.4, -0.2) is 73.4 Å². The molecule has 256 valence electrons. The van der Waals surface area contributed by atoms with E-state index < -0.39 is 20.0 Å². The number of nitrogens with zero attached hydrogens (tertiary/aromatic N) is 1. The number of carbonyl (C=O) groups excluding carboxylic acids is 1. The van der Waals surface area contributed by atoms with Crippen LogP contribution in [0.15, 0.2) is 12.2 Å². The summed E-state index contributed by atoms with van der Waals surface area (Å²) in [4.78, 5) is 22.8. The highest BCUT2D eigenvalue weighted by molar-refractivity contribution is 7.47. The Kier molecular flexibility index (Phi) is 27.1. The van der Waals surface area contributed by atoms with Gasteiger partial charge in [-0.25, -0.2) is 4.57 Å². The molecule has 1 amide bonds. The summed E-state index contributed by atoms with van der Waals surface area (Å²) >= 11 is 0. The number of nitrogens with one attached hydrogen (secondary N) is 1. The molecule has 0 aliphatic heterocycles. The predicted octanol–water partition coefficient (Wildman–Crippen LogP) is 8.46. The molecule has 0 saturated heterocycles. The number of aliphatic hydroxyl groups excluding tert-OH is 1. The van der Waals surface area contributed by atoms with Crippen molar-refractivity contribution in [2.24, 2.45) is 0 Å². The van der Waals surface area contributed by atoms with Gasteiger partial charge in [0.25, 0.3) is 0 Å². The normalized spacial score (nSPS) is 15.0. The number of likely N-dealkylation sites (N-methyl/N-ethyl adjacent to an activating group) is 1. The van der Waals surface area contributed by atoms with Crippen molar-refractivity contribution in [2.45, 2.75) is 161 Å². The van der Waals surface area contributed by atoms with Crippen LogP contribution in [0.2, 0.25) is 0 Å². The number of aliphatic hydroxyl groups is 1. The van der Waals surface area contributed by atoms with Crippen molar-refractivity contribution in [1.82, 2.24) is 5.32 Å². The minimum Gasteiger partial charge on any atom is -0.387 e. The fraction of sp³-hybridized carbons (Fsp3) is 0.912. The van der Waals surface area contributed by atoms with Gasteiger partial charge in [-0.15, -0.1) is 0 Å². The van der Waals surface area contributed by atoms with E-state index in [2.05, 4.69) is 19.2 Å². The minimum absolute atomic E-state index is 0.0637. The molecular formula is C34H70N2O6P+. The van der Waals surface area contributed by atoms with Crippen LogP contribution in [0.3, 0.4) is 0 Å². The maximum atomic E-state index is 12.7. The first-order valence-corrected chi connectivity index (χ1v) is 19.1. The van der Waals surface area contributed by atoms with Crippen LogP contribution in [0, 0.1) is 0 Å². The minimum atomic E-state index is -4.31. The Morgan fingerprint density at radius 2 is 1.23 bits per heavy atom. The Bertz CT molecular complexity index is 728. The highest BCUT2D eigenvalue weighted by Crippen LogP contribution is 2.43. The van der Waals surface area contributed by atoms with Gasteiger partial charge in [0.15, 0.2) is 0 Å². The van der Waals surface area contributed by atoms with Gasteiger partial charge in [0.2, 0.25) is 5.91 Å². The summed E-state index contributed by atoms with van der Waals surface area (Å²) in [5.74, 6) is -0.183. The van der Waals surface area contributed by atoms with Crippen molar-refractivity contribution in [3.8, 4) is 0 Å². The highest BCUT2D eigenvalue weighted by atomic mass is 31.2. The second-order valence-electron chi connectivity index (χ2n) is 13.3. The molecule has 3 atom stereocenters. The molecule has 0 aliphatic carbocycles. The molecule has 8 nitrogen and oxygen atoms in total. The van der Waals surface area contributed by atoms with E-state index in [1.165, 1.54) is 89.9 Å². The molecular weight excluding hydrogens is 563 g/mol. The van der Waals surface area contributed by atoms with Gasteiger partial charge in [-0.2, -0.15) is 0 Å². The van der Waals surface area contributed by atoms with E-state index in [9.17, 15) is 19.4 Å². The molecule has 0 bridgehead atoms. The lowest BCUT2D eigenvalue weighted by molar-refractivity contribution is -0.870. The Hall–Kier alpha value is -0.760. The van der Waals surface area contributed by atoms with Crippen molar-refractivity contribution >= 4 is 13.7 Å². The summed E-state index contributed by atoms with van der Waals surface area (Å²) in [6.45, 7) is 4.76. The lowest BCUT2D eigenvalue weighted by atomic mass is 10.1. The molecule has 9 heteroatoms. The van der Waals surface area contributed by atoms with Crippen LogP contribution < -0.4 is 5.32 Å². The SMILES string of the molecule is CCCCCCCCCCCC/C=C/C(O)C(COP(=O)(O)OCC[N+](C)(C)C)NC(=O)CCCCCCCCCCC. The standard InChI is InChI=1S/C34H69N2O6P/c1-6-8-10-12-14-16-17-18-20-21-23-25-27-33(37)32(31-42-43(39,40)41-30-29-36(3,4)5)35-34(38)28-26-24-22-19-15-13-11-9-7-2/h25,27,32-33,37H,6-24,26,28-31H2,1-5H3,(H-,35,38,39,40)/p+1/b27-25+. The fourth-order valence-electron chi connectivity index (χ4n) is 4.86. The third-order valence-electron chi connectivity index (χ3n) is 7.76. The van der Waals surface area contributed by atoms with Gasteiger partial charge in [-0.1, -0.05) is 135 Å². The first-order chi connectivity index (χ1) is 20.5. The number of rotatable bonds is 31. The maximum Gasteiger partial charge on any atom is 0.472 e. The zero-order valence-electron chi connectivity index (χ0n) is 28.7. The summed E-state index contributed by atoms with van der Waals surface area (Å²) in [6.07, 6.45) is 27.0. The van der Waals surface area contributed by atoms with E-state index in [4.69, 9.17) is 9.05 Å². The molecule has 0 heterocycles. The number of quaternary nitrogens is 1. The molecule has 0 rings (SSSR count). The van der Waals surface area contributed by atoms with Crippen LogP contribution in [0.25, 0.3) is 0 Å². The number of phosphoric acid groups is 1. The summed E-state index contributed by atoms with van der Waals surface area (Å²) in [5, 5.41) is 13.7. The number of carbonyl (C=O) groups is 1. The summed E-state index contributed by atoms with van der Waals surface area (Å²) in [7, 11) is 1.57. The molecule has 0 aliphatic rings. The summed E-state index contributed by atoms with van der Waals surface area (Å²) < 4.78 is 23.3. The average Bonchev–Trinajstić information content (AvgIpc) is 2.94. The zero-order chi connectivity index (χ0) is 32.2. The second kappa shape index (κ2) is 27.5. The summed E-state index contributed by atoms with van der Waals surface area (Å²) in [6, 6.07) is -0.836. The predicted molar refractivity (Wildman–Crippen MR) is 180 cm³/mol. The van der Waals surface area contributed by atoms with E-state index >= 15 is 0 Å². The Balaban J connectivity index is 4.60. The van der Waals surface area contributed by atoms with Crippen molar-refractivity contribution in [2.75, 3.05) is 40.9 Å². The third-order valence-corrected chi connectivity index (χ3v) is 8.74. The van der Waals surface area contributed by atoms with Crippen molar-refractivity contribution < 1.29 is 32.9 Å². The molecule has 0 saturated carbocycles. The monoisotopic (exact) mass is 633 g/mol. The van der Waals surface area contributed by atoms with Crippen LogP contribution in [-0.2, 0) is 18.4 Å². The quantitative estimate of drug-likeness (QED) is 0.0306. The number of amides is 1. The van der Waals surface area contributed by atoms with Gasteiger partial charge in [0.05, 0.1) is 39.9 Å². The van der Waals surface area contributed by atoms with E-state index in [0.29, 0.717) is 17.4 Å². The molecule has 0 aromatic carbocycles. The van der Waals surface area contributed by atoms with Crippen LogP contribution in [0.1, 0.15) is 149 Å². The van der Waals surface area contributed by atoms with Gasteiger partial charge < -0.3 is 19.8 Å². The van der Waals surface area contributed by atoms with Gasteiger partial charge in [-0.3, -0.25) is 13.8 Å². The van der Waals surface area contributed by atoms with Gasteiger partial charge in [0.1, 0.15) is 13.2 Å². The highest BCUT2D eigenvalue weighted by Gasteiger charge is 2.27. The Morgan fingerprint density at radius 3 is 1.72 bits per heavy atom. The van der Waals surface area contributed by atoms with Crippen molar-refractivity contribution in [3.05, 3.63) is 12.2 Å². The largest absolute Gasteiger partial charge is 0.472 e. The van der Waals surface area contributed by atoms with Crippen LogP contribution in [0.4, 0.5) is 0 Å². The number of phosphoric ester groups is 1. The molecule has 3 N–H and O–H groups in total. The molecule has 0 aromatic rings. The average molecular weight is 634 g/mol. The van der Waals surface area contributed by atoms with Gasteiger partial charge in [-0.05, 0) is 19.3 Å². The molecule has 3 unspecified atom stereocenters. The summed E-state index contributed by atoms with van der Waals surface area (Å²) in [5.41, 5.74) is 0. The van der Waals surface area contributed by atoms with Gasteiger partial charge in [0, 0.05) is 6.42 Å². The zero-order valence-corrected chi connectivity index (χ0v) is 29.6. The molecule has 0 spiro atoms. The number of allylic oxidation sites excluding steroid dienone is 1. The topological polar surface area (TPSA) is 105 Å². The van der Waals surface area contributed by atoms with E-state index in [1.807, 2.05) is 27.2 Å². The Labute approximate surface area is 265 Å². The second-order valence-corrected chi connectivity index (χ2v) is 14.7. The lowest BCUT2D eigenvalue weighted by Gasteiger charge is -2.25. The first-order valence-electron chi connectivity index (χ1n) is 17.6. The van der Waals surface area contributed by atoms with E-state index in [0.717, 1.165) is 38.5 Å².